The molecule has 2 aromatic rings. The van der Waals surface area contributed by atoms with Crippen molar-refractivity contribution < 1.29 is 19.1 Å². The highest BCUT2D eigenvalue weighted by molar-refractivity contribution is 5.92. The van der Waals surface area contributed by atoms with Gasteiger partial charge in [0, 0.05) is 38.3 Å². The number of esters is 1. The van der Waals surface area contributed by atoms with Crippen molar-refractivity contribution in [2.45, 2.75) is 19.6 Å². The molecular formula is C22H24N2O4. The fraction of sp³-hybridized carbons (Fsp3) is 0.318. The second-order valence-electron chi connectivity index (χ2n) is 6.87. The van der Waals surface area contributed by atoms with Gasteiger partial charge in [-0.15, -0.1) is 0 Å². The molecule has 0 radical (unpaired) electrons. The molecule has 3 rings (SSSR count). The van der Waals surface area contributed by atoms with Gasteiger partial charge in [-0.1, -0.05) is 42.5 Å². The van der Waals surface area contributed by atoms with Crippen LogP contribution in [0.25, 0.3) is 0 Å². The maximum absolute atomic E-state index is 12.6. The van der Waals surface area contributed by atoms with E-state index in [4.69, 9.17) is 4.74 Å². The first-order valence-electron chi connectivity index (χ1n) is 9.38. The standard InChI is InChI=1S/C22H24N2O4/c1-17(28-22(27)20-9-7-19(16-25)8-10-20)21(26)24-13-11-23(12-14-24)15-18-5-3-2-4-6-18/h2-10,16-17H,11-15H2,1H3/t17-/m1/s1. The van der Waals surface area contributed by atoms with E-state index in [0.717, 1.165) is 19.6 Å². The van der Waals surface area contributed by atoms with Gasteiger partial charge < -0.3 is 9.64 Å². The minimum atomic E-state index is -0.848. The highest BCUT2D eigenvalue weighted by Gasteiger charge is 2.27. The zero-order chi connectivity index (χ0) is 19.9. The van der Waals surface area contributed by atoms with Crippen molar-refractivity contribution in [1.29, 1.82) is 0 Å². The number of carbonyl (C=O) groups excluding carboxylic acids is 3. The fourth-order valence-electron chi connectivity index (χ4n) is 3.20. The van der Waals surface area contributed by atoms with Crippen molar-refractivity contribution in [3.63, 3.8) is 0 Å². The molecule has 28 heavy (non-hydrogen) atoms. The number of piperazine rings is 1. The Morgan fingerprint density at radius 1 is 1.00 bits per heavy atom. The quantitative estimate of drug-likeness (QED) is 0.569. The van der Waals surface area contributed by atoms with Crippen molar-refractivity contribution in [1.82, 2.24) is 9.80 Å². The van der Waals surface area contributed by atoms with Gasteiger partial charge in [0.05, 0.1) is 5.56 Å². The van der Waals surface area contributed by atoms with Crippen molar-refractivity contribution in [2.24, 2.45) is 0 Å². The van der Waals surface area contributed by atoms with Gasteiger partial charge in [0.15, 0.2) is 6.10 Å². The lowest BCUT2D eigenvalue weighted by molar-refractivity contribution is -0.141. The monoisotopic (exact) mass is 380 g/mol. The van der Waals surface area contributed by atoms with Crippen LogP contribution >= 0.6 is 0 Å². The van der Waals surface area contributed by atoms with Gasteiger partial charge in [-0.25, -0.2) is 4.79 Å². The number of nitrogens with zero attached hydrogens (tertiary/aromatic N) is 2. The molecule has 1 aliphatic heterocycles. The van der Waals surface area contributed by atoms with Crippen molar-refractivity contribution >= 4 is 18.2 Å². The summed E-state index contributed by atoms with van der Waals surface area (Å²) in [7, 11) is 0. The Morgan fingerprint density at radius 2 is 1.64 bits per heavy atom. The highest BCUT2D eigenvalue weighted by atomic mass is 16.5. The molecule has 0 saturated carbocycles. The fourth-order valence-corrected chi connectivity index (χ4v) is 3.20. The minimum absolute atomic E-state index is 0.183. The van der Waals surface area contributed by atoms with E-state index in [0.29, 0.717) is 30.5 Å². The van der Waals surface area contributed by atoms with E-state index in [9.17, 15) is 14.4 Å². The van der Waals surface area contributed by atoms with Gasteiger partial charge >= 0.3 is 5.97 Å². The van der Waals surface area contributed by atoms with E-state index in [1.165, 1.54) is 17.7 Å². The summed E-state index contributed by atoms with van der Waals surface area (Å²) in [6, 6.07) is 16.4. The third kappa shape index (κ3) is 5.04. The molecule has 146 valence electrons. The van der Waals surface area contributed by atoms with Gasteiger partial charge in [0.2, 0.25) is 0 Å². The van der Waals surface area contributed by atoms with E-state index in [2.05, 4.69) is 17.0 Å². The Morgan fingerprint density at radius 3 is 2.25 bits per heavy atom. The molecule has 1 amide bonds. The van der Waals surface area contributed by atoms with E-state index >= 15 is 0 Å². The van der Waals surface area contributed by atoms with Crippen LogP contribution in [0, 0.1) is 0 Å². The lowest BCUT2D eigenvalue weighted by Crippen LogP contribution is -2.51. The van der Waals surface area contributed by atoms with Gasteiger partial charge in [-0.3, -0.25) is 14.5 Å². The van der Waals surface area contributed by atoms with E-state index in [1.54, 1.807) is 24.0 Å². The molecule has 1 saturated heterocycles. The minimum Gasteiger partial charge on any atom is -0.449 e. The van der Waals surface area contributed by atoms with Gasteiger partial charge in [0.1, 0.15) is 6.29 Å². The van der Waals surface area contributed by atoms with E-state index in [1.807, 2.05) is 18.2 Å². The van der Waals surface area contributed by atoms with Crippen LogP contribution in [0.3, 0.4) is 0 Å². The molecule has 1 aliphatic rings. The summed E-state index contributed by atoms with van der Waals surface area (Å²) in [5.41, 5.74) is 2.05. The van der Waals surface area contributed by atoms with Crippen LogP contribution in [0.2, 0.25) is 0 Å². The lowest BCUT2D eigenvalue weighted by Gasteiger charge is -2.35. The summed E-state index contributed by atoms with van der Waals surface area (Å²) >= 11 is 0. The first-order chi connectivity index (χ1) is 13.6. The number of hydrogen-bond acceptors (Lipinski definition) is 5. The number of aldehydes is 1. The molecule has 0 aromatic heterocycles. The zero-order valence-corrected chi connectivity index (χ0v) is 15.9. The van der Waals surface area contributed by atoms with Crippen molar-refractivity contribution in [3.05, 3.63) is 71.3 Å². The van der Waals surface area contributed by atoms with Crippen molar-refractivity contribution in [2.75, 3.05) is 26.2 Å². The zero-order valence-electron chi connectivity index (χ0n) is 15.9. The average Bonchev–Trinajstić information content (AvgIpc) is 2.74. The molecule has 0 aliphatic carbocycles. The van der Waals surface area contributed by atoms with Crippen molar-refractivity contribution in [3.8, 4) is 0 Å². The molecule has 1 fully saturated rings. The number of hydrogen-bond donors (Lipinski definition) is 0. The molecule has 6 nitrogen and oxygen atoms in total. The number of carbonyl (C=O) groups is 3. The summed E-state index contributed by atoms with van der Waals surface area (Å²) in [5, 5.41) is 0. The maximum atomic E-state index is 12.6. The Balaban J connectivity index is 1.48. The summed E-state index contributed by atoms with van der Waals surface area (Å²) < 4.78 is 5.32. The Bertz CT molecular complexity index is 812. The summed E-state index contributed by atoms with van der Waals surface area (Å²) in [6.07, 6.45) is -0.141. The van der Waals surface area contributed by atoms with Gasteiger partial charge in [-0.2, -0.15) is 0 Å². The first-order valence-corrected chi connectivity index (χ1v) is 9.38. The third-order valence-corrected chi connectivity index (χ3v) is 4.85. The molecule has 0 unspecified atom stereocenters. The topological polar surface area (TPSA) is 66.9 Å². The SMILES string of the molecule is C[C@@H](OC(=O)c1ccc(C=O)cc1)C(=O)N1CCN(Cc2ccccc2)CC1. The normalized spacial score (nSPS) is 15.7. The van der Waals surface area contributed by atoms with Crippen LogP contribution in [0.4, 0.5) is 0 Å². The molecule has 1 heterocycles. The summed E-state index contributed by atoms with van der Waals surface area (Å²) in [4.78, 5) is 39.6. The summed E-state index contributed by atoms with van der Waals surface area (Å²) in [6.45, 7) is 5.26. The maximum Gasteiger partial charge on any atom is 0.338 e. The second-order valence-corrected chi connectivity index (χ2v) is 6.87. The van der Waals surface area contributed by atoms with Gasteiger partial charge in [-0.05, 0) is 24.6 Å². The molecule has 0 bridgehead atoms. The summed E-state index contributed by atoms with van der Waals surface area (Å²) in [5.74, 6) is -0.752. The van der Waals surface area contributed by atoms with Crippen LogP contribution in [-0.4, -0.2) is 60.2 Å². The molecule has 2 aromatic carbocycles. The molecule has 6 heteroatoms. The third-order valence-electron chi connectivity index (χ3n) is 4.85. The Labute approximate surface area is 164 Å². The van der Waals surface area contributed by atoms with E-state index < -0.39 is 12.1 Å². The van der Waals surface area contributed by atoms with Crippen LogP contribution in [0.1, 0.15) is 33.2 Å². The smallest absolute Gasteiger partial charge is 0.338 e. The first kappa shape index (κ1) is 19.8. The van der Waals surface area contributed by atoms with Gasteiger partial charge in [0.25, 0.3) is 5.91 Å². The lowest BCUT2D eigenvalue weighted by atomic mass is 10.1. The number of amides is 1. The highest BCUT2D eigenvalue weighted by Crippen LogP contribution is 2.12. The second kappa shape index (κ2) is 9.28. The largest absolute Gasteiger partial charge is 0.449 e. The Kier molecular flexibility index (Phi) is 6.55. The predicted octanol–water partition coefficient (Wildman–Crippen LogP) is 2.39. The molecule has 0 spiro atoms. The predicted molar refractivity (Wildman–Crippen MR) is 105 cm³/mol. The van der Waals surface area contributed by atoms with Crippen LogP contribution in [0.5, 0.6) is 0 Å². The van der Waals surface area contributed by atoms with Crippen LogP contribution in [-0.2, 0) is 16.1 Å². The average molecular weight is 380 g/mol. The number of benzene rings is 2. The van der Waals surface area contributed by atoms with Crippen LogP contribution in [0.15, 0.2) is 54.6 Å². The molecular weight excluding hydrogens is 356 g/mol. The molecule has 1 atom stereocenters. The van der Waals surface area contributed by atoms with E-state index in [-0.39, 0.29) is 5.91 Å². The van der Waals surface area contributed by atoms with Crippen LogP contribution < -0.4 is 0 Å². The number of rotatable bonds is 6. The number of ether oxygens (including phenoxy) is 1. The Hall–Kier alpha value is -2.99. The molecule has 0 N–H and O–H groups in total.